The van der Waals surface area contributed by atoms with Gasteiger partial charge in [0.05, 0.1) is 47.4 Å². The maximum Gasteiger partial charge on any atom is 0.407 e. The molecule has 1 amide bonds. The molecular formula is C22H23ClN10O2. The number of carbonyl (C=O) groups excluding carboxylic acids is 1. The van der Waals surface area contributed by atoms with Crippen molar-refractivity contribution in [1.29, 1.82) is 10.5 Å². The van der Waals surface area contributed by atoms with E-state index in [2.05, 4.69) is 43.2 Å². The lowest BCUT2D eigenvalue weighted by Crippen LogP contribution is -2.39. The summed E-state index contributed by atoms with van der Waals surface area (Å²) < 4.78 is 6.11. The number of alkyl carbamates (subject to hydrolysis) is 1. The average molecular weight is 495 g/mol. The van der Waals surface area contributed by atoms with Crippen molar-refractivity contribution in [2.45, 2.75) is 19.9 Å². The molecule has 0 unspecified atom stereocenters. The van der Waals surface area contributed by atoms with E-state index in [0.29, 0.717) is 53.1 Å². The lowest BCUT2D eigenvalue weighted by atomic mass is 10.1. The minimum absolute atomic E-state index is 0.131. The molecule has 180 valence electrons. The van der Waals surface area contributed by atoms with E-state index in [0.717, 1.165) is 0 Å². The standard InChI is InChI=1S/C22H23ClN10O2/c1-4-26-19-20-27-9-14(8-25)33(20)31-21(30-19)28-15-5-13(7-24)6-17(18(15)23)32-10-12(2)16(11-32)29-22(34)35-3/h5-6,9,12,16H,4,10-11H2,1-3H3,(H,29,34)(H2,26,28,30,31)/t12-,16-/m1/s1. The summed E-state index contributed by atoms with van der Waals surface area (Å²) in [4.78, 5) is 22.4. The zero-order chi connectivity index (χ0) is 25.1. The highest BCUT2D eigenvalue weighted by molar-refractivity contribution is 6.36. The molecule has 3 heterocycles. The highest BCUT2D eigenvalue weighted by atomic mass is 35.5. The van der Waals surface area contributed by atoms with E-state index >= 15 is 0 Å². The van der Waals surface area contributed by atoms with Gasteiger partial charge in [-0.3, -0.25) is 0 Å². The fraction of sp³-hybridized carbons (Fsp3) is 0.364. The summed E-state index contributed by atoms with van der Waals surface area (Å²) in [5, 5.41) is 32.8. The van der Waals surface area contributed by atoms with Crippen LogP contribution in [0.4, 0.5) is 27.9 Å². The molecule has 3 N–H and O–H groups in total. The second-order valence-corrected chi connectivity index (χ2v) is 8.40. The smallest absolute Gasteiger partial charge is 0.407 e. The van der Waals surface area contributed by atoms with Crippen LogP contribution in [0.15, 0.2) is 18.3 Å². The van der Waals surface area contributed by atoms with Gasteiger partial charge in [-0.25, -0.2) is 9.78 Å². The summed E-state index contributed by atoms with van der Waals surface area (Å²) in [6.45, 7) is 5.64. The van der Waals surface area contributed by atoms with Crippen LogP contribution in [-0.4, -0.2) is 58.5 Å². The summed E-state index contributed by atoms with van der Waals surface area (Å²) in [7, 11) is 1.32. The summed E-state index contributed by atoms with van der Waals surface area (Å²) in [5.74, 6) is 0.752. The van der Waals surface area contributed by atoms with Crippen molar-refractivity contribution in [2.24, 2.45) is 5.92 Å². The third kappa shape index (κ3) is 4.69. The number of halogens is 1. The molecule has 4 rings (SSSR count). The number of nitrogens with zero attached hydrogens (tertiary/aromatic N) is 7. The molecule has 2 atom stereocenters. The largest absolute Gasteiger partial charge is 0.453 e. The van der Waals surface area contributed by atoms with Gasteiger partial charge in [-0.1, -0.05) is 18.5 Å². The zero-order valence-electron chi connectivity index (χ0n) is 19.3. The van der Waals surface area contributed by atoms with Crippen molar-refractivity contribution in [2.75, 3.05) is 42.3 Å². The summed E-state index contributed by atoms with van der Waals surface area (Å²) in [5.41, 5.74) is 2.12. The Hall–Kier alpha value is -4.29. The summed E-state index contributed by atoms with van der Waals surface area (Å²) in [6.07, 6.45) is 0.923. The Labute approximate surface area is 206 Å². The first-order chi connectivity index (χ1) is 16.9. The number of anilines is 4. The van der Waals surface area contributed by atoms with E-state index in [-0.39, 0.29) is 23.6 Å². The maximum absolute atomic E-state index is 11.7. The van der Waals surface area contributed by atoms with Crippen LogP contribution in [0.25, 0.3) is 5.65 Å². The predicted octanol–water partition coefficient (Wildman–Crippen LogP) is 2.88. The normalized spacial score (nSPS) is 17.0. The number of methoxy groups -OCH3 is 1. The Morgan fingerprint density at radius 2 is 2.11 bits per heavy atom. The van der Waals surface area contributed by atoms with Crippen LogP contribution in [0.3, 0.4) is 0 Å². The quantitative estimate of drug-likeness (QED) is 0.465. The molecule has 0 radical (unpaired) electrons. The second-order valence-electron chi connectivity index (χ2n) is 8.02. The fourth-order valence-electron chi connectivity index (χ4n) is 3.97. The Morgan fingerprint density at radius 3 is 2.80 bits per heavy atom. The average Bonchev–Trinajstić information content (AvgIpc) is 3.43. The van der Waals surface area contributed by atoms with E-state index in [1.165, 1.54) is 17.8 Å². The lowest BCUT2D eigenvalue weighted by molar-refractivity contribution is 0.165. The van der Waals surface area contributed by atoms with E-state index in [4.69, 9.17) is 16.3 Å². The number of hydrogen-bond donors (Lipinski definition) is 3. The van der Waals surface area contributed by atoms with Gasteiger partial charge in [-0.2, -0.15) is 20.0 Å². The van der Waals surface area contributed by atoms with Gasteiger partial charge >= 0.3 is 6.09 Å². The van der Waals surface area contributed by atoms with Gasteiger partial charge in [0, 0.05) is 19.6 Å². The molecule has 0 saturated carbocycles. The van der Waals surface area contributed by atoms with Crippen molar-refractivity contribution in [3.63, 3.8) is 0 Å². The van der Waals surface area contributed by atoms with Crippen LogP contribution in [0.5, 0.6) is 0 Å². The topological polar surface area (TPSA) is 156 Å². The summed E-state index contributed by atoms with van der Waals surface area (Å²) in [6, 6.07) is 7.38. The molecule has 3 aromatic rings. The number of ether oxygens (including phenoxy) is 1. The van der Waals surface area contributed by atoms with Crippen LogP contribution in [-0.2, 0) is 4.74 Å². The highest BCUT2D eigenvalue weighted by Gasteiger charge is 2.32. The van der Waals surface area contributed by atoms with Gasteiger partial charge in [0.1, 0.15) is 6.07 Å². The molecule has 1 fully saturated rings. The van der Waals surface area contributed by atoms with Gasteiger partial charge in [0.15, 0.2) is 17.2 Å². The molecule has 1 aromatic carbocycles. The zero-order valence-corrected chi connectivity index (χ0v) is 20.1. The summed E-state index contributed by atoms with van der Waals surface area (Å²) >= 11 is 6.78. The number of benzene rings is 1. The van der Waals surface area contributed by atoms with Crippen LogP contribution in [0.2, 0.25) is 5.02 Å². The molecule has 1 saturated heterocycles. The molecule has 1 aliphatic heterocycles. The van der Waals surface area contributed by atoms with Gasteiger partial charge in [-0.15, -0.1) is 5.10 Å². The number of aromatic nitrogens is 4. The van der Waals surface area contributed by atoms with Crippen molar-refractivity contribution in [3.05, 3.63) is 34.6 Å². The molecule has 12 nitrogen and oxygen atoms in total. The number of nitrogens with one attached hydrogen (secondary N) is 3. The maximum atomic E-state index is 11.7. The number of carbonyl (C=O) groups is 1. The van der Waals surface area contributed by atoms with E-state index < -0.39 is 6.09 Å². The van der Waals surface area contributed by atoms with Crippen molar-refractivity contribution in [1.82, 2.24) is 24.9 Å². The first-order valence-electron chi connectivity index (χ1n) is 10.9. The van der Waals surface area contributed by atoms with Gasteiger partial charge in [0.2, 0.25) is 5.95 Å². The van der Waals surface area contributed by atoms with Gasteiger partial charge in [0.25, 0.3) is 0 Å². The second kappa shape index (κ2) is 9.91. The molecular weight excluding hydrogens is 472 g/mol. The minimum Gasteiger partial charge on any atom is -0.453 e. The Kier molecular flexibility index (Phi) is 6.75. The molecule has 13 heteroatoms. The van der Waals surface area contributed by atoms with Gasteiger partial charge in [-0.05, 0) is 25.0 Å². The minimum atomic E-state index is -0.497. The van der Waals surface area contributed by atoms with Crippen LogP contribution < -0.4 is 20.9 Å². The first-order valence-corrected chi connectivity index (χ1v) is 11.3. The Bertz CT molecular complexity index is 1360. The SMILES string of the molecule is CCNc1nc(Nc2cc(C#N)cc(N3C[C@@H](C)[C@H](NC(=O)OC)C3)c2Cl)nn2c(C#N)cnc12. The number of imidazole rings is 1. The number of fused-ring (bicyclic) bond motifs is 1. The molecule has 1 aliphatic rings. The Morgan fingerprint density at radius 1 is 1.31 bits per heavy atom. The van der Waals surface area contributed by atoms with E-state index in [1.807, 2.05) is 18.7 Å². The predicted molar refractivity (Wildman–Crippen MR) is 130 cm³/mol. The van der Waals surface area contributed by atoms with Crippen LogP contribution in [0.1, 0.15) is 25.1 Å². The highest BCUT2D eigenvalue weighted by Crippen LogP contribution is 2.38. The van der Waals surface area contributed by atoms with Crippen molar-refractivity contribution in [3.8, 4) is 12.1 Å². The lowest BCUT2D eigenvalue weighted by Gasteiger charge is -2.22. The van der Waals surface area contributed by atoms with E-state index in [9.17, 15) is 15.3 Å². The molecule has 0 bridgehead atoms. The number of rotatable bonds is 6. The molecule has 35 heavy (non-hydrogen) atoms. The molecule has 0 aliphatic carbocycles. The van der Waals surface area contributed by atoms with E-state index in [1.54, 1.807) is 12.1 Å². The number of nitriles is 2. The van der Waals surface area contributed by atoms with Crippen LogP contribution >= 0.6 is 11.6 Å². The molecule has 0 spiro atoms. The first kappa shape index (κ1) is 23.9. The Balaban J connectivity index is 1.70. The van der Waals surface area contributed by atoms with Gasteiger partial charge < -0.3 is 25.6 Å². The molecule has 2 aromatic heterocycles. The monoisotopic (exact) mass is 494 g/mol. The third-order valence-electron chi connectivity index (χ3n) is 5.69. The van der Waals surface area contributed by atoms with Crippen molar-refractivity contribution < 1.29 is 9.53 Å². The number of hydrogen-bond acceptors (Lipinski definition) is 10. The van der Waals surface area contributed by atoms with Crippen molar-refractivity contribution >= 4 is 46.5 Å². The fourth-order valence-corrected chi connectivity index (χ4v) is 4.25. The van der Waals surface area contributed by atoms with Crippen LogP contribution in [0, 0.1) is 28.6 Å². The number of amides is 1. The third-order valence-corrected chi connectivity index (χ3v) is 6.09.